The third kappa shape index (κ3) is 7.69. The summed E-state index contributed by atoms with van der Waals surface area (Å²) in [6.07, 6.45) is 10.3. The van der Waals surface area contributed by atoms with E-state index >= 15 is 0 Å². The first-order chi connectivity index (χ1) is 16.1. The minimum absolute atomic E-state index is 0.0179. The van der Waals surface area contributed by atoms with Crippen LogP contribution in [0.15, 0.2) is 77.2 Å². The van der Waals surface area contributed by atoms with E-state index in [-0.39, 0.29) is 11.8 Å². The van der Waals surface area contributed by atoms with Crippen molar-refractivity contribution in [2.24, 2.45) is 5.92 Å². The van der Waals surface area contributed by atoms with Crippen LogP contribution in [-0.2, 0) is 14.3 Å². The lowest BCUT2D eigenvalue weighted by Crippen LogP contribution is -2.41. The predicted molar refractivity (Wildman–Crippen MR) is 148 cm³/mol. The highest BCUT2D eigenvalue weighted by atomic mass is 35.5. The number of anilines is 1. The summed E-state index contributed by atoms with van der Waals surface area (Å²) in [5.74, 6) is 3.88. The summed E-state index contributed by atoms with van der Waals surface area (Å²) in [5, 5.41) is 3.77. The van der Waals surface area contributed by atoms with Crippen molar-refractivity contribution in [3.63, 3.8) is 0 Å². The SMILES string of the molecule is C=C(C)N1CCC(C(=O)N(CC)C2=C(S(=C)(C)=O)C=C=CC=C2)CC1.CNc1ccc(Cl)cc1. The Hall–Kier alpha value is -2.66. The van der Waals surface area contributed by atoms with Crippen LogP contribution >= 0.6 is 11.6 Å². The molecule has 184 valence electrons. The Labute approximate surface area is 210 Å². The Morgan fingerprint density at radius 3 is 2.41 bits per heavy atom. The van der Waals surface area contributed by atoms with Crippen molar-refractivity contribution in [2.45, 2.75) is 26.7 Å². The second kappa shape index (κ2) is 12.7. The van der Waals surface area contributed by atoms with Gasteiger partial charge in [0.2, 0.25) is 5.91 Å². The van der Waals surface area contributed by atoms with Crippen molar-refractivity contribution in [3.8, 4) is 0 Å². The first kappa shape index (κ1) is 27.6. The van der Waals surface area contributed by atoms with E-state index in [9.17, 15) is 9.00 Å². The number of halogens is 1. The van der Waals surface area contributed by atoms with Crippen LogP contribution in [0.4, 0.5) is 5.69 Å². The van der Waals surface area contributed by atoms with E-state index in [0.29, 0.717) is 17.1 Å². The molecule has 0 saturated carbocycles. The van der Waals surface area contributed by atoms with Gasteiger partial charge in [0, 0.05) is 55.3 Å². The van der Waals surface area contributed by atoms with Crippen LogP contribution in [0.25, 0.3) is 0 Å². The lowest BCUT2D eigenvalue weighted by atomic mass is 9.94. The number of carbonyl (C=O) groups excluding carboxylic acids is 1. The summed E-state index contributed by atoms with van der Waals surface area (Å²) in [6, 6.07) is 7.57. The minimum Gasteiger partial charge on any atom is -0.388 e. The van der Waals surface area contributed by atoms with Crippen LogP contribution in [0.2, 0.25) is 5.02 Å². The highest BCUT2D eigenvalue weighted by Crippen LogP contribution is 2.26. The Kier molecular flexibility index (Phi) is 10.3. The average Bonchev–Trinajstić information content (AvgIpc) is 3.07. The largest absolute Gasteiger partial charge is 0.388 e. The highest BCUT2D eigenvalue weighted by molar-refractivity contribution is 8.03. The number of benzene rings is 1. The second-order valence-electron chi connectivity index (χ2n) is 8.43. The molecule has 1 aromatic carbocycles. The smallest absolute Gasteiger partial charge is 0.230 e. The van der Waals surface area contributed by atoms with Gasteiger partial charge >= 0.3 is 0 Å². The Balaban J connectivity index is 0.000000379. The lowest BCUT2D eigenvalue weighted by molar-refractivity contribution is -0.134. The van der Waals surface area contributed by atoms with Crippen molar-refractivity contribution >= 4 is 38.6 Å². The van der Waals surface area contributed by atoms with E-state index in [1.165, 1.54) is 0 Å². The van der Waals surface area contributed by atoms with E-state index in [0.717, 1.165) is 42.3 Å². The maximum absolute atomic E-state index is 13.1. The molecule has 1 saturated heterocycles. The molecule has 0 radical (unpaired) electrons. The molecule has 1 fully saturated rings. The monoisotopic (exact) mass is 501 g/mol. The summed E-state index contributed by atoms with van der Waals surface area (Å²) in [6.45, 7) is 10.2. The molecule has 0 bridgehead atoms. The summed E-state index contributed by atoms with van der Waals surface area (Å²) >= 11 is 5.64. The summed E-state index contributed by atoms with van der Waals surface area (Å²) in [4.78, 5) is 17.7. The van der Waals surface area contributed by atoms with Crippen LogP contribution in [0, 0.1) is 5.92 Å². The standard InChI is InChI=1S/C20H28N2O2S.C7H8ClN/c1-6-22(18-10-8-7-9-11-19(18)25(4,5)24)20(23)17-12-14-21(15-13-17)16(2)3;1-9-7-4-2-6(8)3-5-7/h7-8,10-11,17H,2,4,6,12-15H2,1,3,5H3;2-5,9H,1H3. The Morgan fingerprint density at radius 1 is 1.29 bits per heavy atom. The van der Waals surface area contributed by atoms with Gasteiger partial charge in [0.25, 0.3) is 0 Å². The molecule has 3 rings (SSSR count). The van der Waals surface area contributed by atoms with Gasteiger partial charge in [-0.1, -0.05) is 24.3 Å². The molecule has 5 nitrogen and oxygen atoms in total. The highest BCUT2D eigenvalue weighted by Gasteiger charge is 2.30. The zero-order chi connectivity index (χ0) is 25.3. The number of likely N-dealkylation sites (N-methyl/N-ethyl adjacent to an activating group) is 1. The van der Waals surface area contributed by atoms with Gasteiger partial charge in [-0.3, -0.25) is 9.00 Å². The molecular formula is C27H36ClN3O2S. The Morgan fingerprint density at radius 2 is 1.91 bits per heavy atom. The van der Waals surface area contributed by atoms with Crippen LogP contribution in [0.3, 0.4) is 0 Å². The lowest BCUT2D eigenvalue weighted by Gasteiger charge is -2.35. The maximum Gasteiger partial charge on any atom is 0.230 e. The molecule has 1 amide bonds. The van der Waals surface area contributed by atoms with Crippen molar-refractivity contribution in [1.29, 1.82) is 0 Å². The van der Waals surface area contributed by atoms with E-state index in [2.05, 4.69) is 28.4 Å². The fraction of sp³-hybridized carbons (Fsp3) is 0.370. The van der Waals surface area contributed by atoms with Gasteiger partial charge in [0.1, 0.15) is 0 Å². The summed E-state index contributed by atoms with van der Waals surface area (Å²) < 4.78 is 12.6. The van der Waals surface area contributed by atoms with E-state index in [1.54, 1.807) is 23.3 Å². The van der Waals surface area contributed by atoms with Crippen molar-refractivity contribution in [1.82, 2.24) is 9.80 Å². The van der Waals surface area contributed by atoms with Gasteiger partial charge in [-0.15, -0.1) is 5.73 Å². The molecule has 0 aromatic heterocycles. The predicted octanol–water partition coefficient (Wildman–Crippen LogP) is 5.30. The minimum atomic E-state index is -2.46. The number of hydrogen-bond acceptors (Lipinski definition) is 4. The molecule has 34 heavy (non-hydrogen) atoms. The van der Waals surface area contributed by atoms with E-state index < -0.39 is 9.52 Å². The fourth-order valence-electron chi connectivity index (χ4n) is 3.83. The van der Waals surface area contributed by atoms with Crippen LogP contribution in [0.1, 0.15) is 26.7 Å². The molecule has 1 unspecified atom stereocenters. The fourth-order valence-corrected chi connectivity index (χ4v) is 4.90. The molecule has 1 aliphatic heterocycles. The van der Waals surface area contributed by atoms with Gasteiger partial charge in [0.15, 0.2) is 0 Å². The quantitative estimate of drug-likeness (QED) is 0.424. The average molecular weight is 502 g/mol. The van der Waals surface area contributed by atoms with Gasteiger partial charge in [0.05, 0.1) is 10.6 Å². The van der Waals surface area contributed by atoms with Crippen LogP contribution in [0.5, 0.6) is 0 Å². The molecular weight excluding hydrogens is 466 g/mol. The molecule has 1 atom stereocenters. The van der Waals surface area contributed by atoms with Crippen molar-refractivity contribution in [3.05, 3.63) is 82.2 Å². The van der Waals surface area contributed by atoms with Gasteiger partial charge in [-0.05, 0) is 84.6 Å². The zero-order valence-electron chi connectivity index (χ0n) is 20.6. The molecule has 1 heterocycles. The van der Waals surface area contributed by atoms with Crippen LogP contribution < -0.4 is 5.32 Å². The van der Waals surface area contributed by atoms with E-state index in [4.69, 9.17) is 11.6 Å². The first-order valence-corrected chi connectivity index (χ1v) is 13.9. The van der Waals surface area contributed by atoms with Gasteiger partial charge in [-0.25, -0.2) is 0 Å². The normalized spacial score (nSPS) is 17.4. The first-order valence-electron chi connectivity index (χ1n) is 11.4. The molecule has 7 heteroatoms. The van der Waals surface area contributed by atoms with Gasteiger partial charge in [-0.2, -0.15) is 0 Å². The molecule has 1 N–H and O–H groups in total. The summed E-state index contributed by atoms with van der Waals surface area (Å²) in [5.41, 5.74) is 5.79. The number of hydrogen-bond donors (Lipinski definition) is 1. The number of allylic oxidation sites excluding steroid dienone is 4. The Bertz CT molecular complexity index is 1100. The number of likely N-dealkylation sites (tertiary alicyclic amines) is 1. The molecule has 1 aliphatic carbocycles. The number of carbonyl (C=O) groups is 1. The molecule has 2 aliphatic rings. The molecule has 0 spiro atoms. The zero-order valence-corrected chi connectivity index (χ0v) is 22.2. The van der Waals surface area contributed by atoms with Crippen LogP contribution in [-0.4, -0.2) is 58.7 Å². The number of rotatable bonds is 6. The number of nitrogens with one attached hydrogen (secondary N) is 1. The van der Waals surface area contributed by atoms with E-state index in [1.807, 2.05) is 57.3 Å². The molecule has 1 aromatic rings. The third-order valence-corrected chi connectivity index (χ3v) is 7.28. The number of nitrogens with zero attached hydrogens (tertiary/aromatic N) is 2. The third-order valence-electron chi connectivity index (χ3n) is 5.77. The topological polar surface area (TPSA) is 52.7 Å². The van der Waals surface area contributed by atoms with Gasteiger partial charge < -0.3 is 15.1 Å². The maximum atomic E-state index is 13.1. The van der Waals surface area contributed by atoms with Crippen molar-refractivity contribution in [2.75, 3.05) is 38.3 Å². The summed E-state index contributed by atoms with van der Waals surface area (Å²) in [7, 11) is -0.583. The number of amides is 1. The second-order valence-corrected chi connectivity index (χ2v) is 11.3. The van der Waals surface area contributed by atoms with Crippen molar-refractivity contribution < 1.29 is 9.00 Å². The number of piperidine rings is 1.